The van der Waals surface area contributed by atoms with Crippen molar-refractivity contribution in [1.82, 2.24) is 10.1 Å². The monoisotopic (exact) mass is 466 g/mol. The van der Waals surface area contributed by atoms with Crippen LogP contribution < -0.4 is 0 Å². The molecule has 1 saturated heterocycles. The number of likely N-dealkylation sites (tertiary alicyclic amines) is 1. The molecule has 0 unspecified atom stereocenters. The number of hydrogen-bond acceptors (Lipinski definition) is 5. The molecule has 0 spiro atoms. The molecule has 0 radical (unpaired) electrons. The topological polar surface area (TPSA) is 104 Å². The average Bonchev–Trinajstić information content (AvgIpc) is 3.20. The summed E-state index contributed by atoms with van der Waals surface area (Å²) in [5.74, 6) is -1.71. The molecule has 182 valence electrons. The van der Waals surface area contributed by atoms with Gasteiger partial charge in [-0.05, 0) is 69.3 Å². The van der Waals surface area contributed by atoms with Crippen LogP contribution in [-0.2, 0) is 22.6 Å². The molecule has 2 aromatic carbocycles. The molecule has 1 fully saturated rings. The molecule has 0 atom stereocenters. The number of carboxylic acids is 2. The zero-order valence-corrected chi connectivity index (χ0v) is 18.8. The van der Waals surface area contributed by atoms with Crippen LogP contribution in [0.15, 0.2) is 65.2 Å². The Kier molecular flexibility index (Phi) is 10.5. The number of carboxylic acid groups (broad SMARTS) is 2. The van der Waals surface area contributed by atoms with Crippen LogP contribution in [-0.4, -0.2) is 45.3 Å². The Hall–Kier alpha value is -3.45. The quantitative estimate of drug-likeness (QED) is 0.454. The van der Waals surface area contributed by atoms with Crippen LogP contribution in [0.1, 0.15) is 43.5 Å². The Morgan fingerprint density at radius 2 is 1.71 bits per heavy atom. The first-order valence-corrected chi connectivity index (χ1v) is 11.2. The second-order valence-electron chi connectivity index (χ2n) is 8.38. The van der Waals surface area contributed by atoms with Crippen molar-refractivity contribution in [2.45, 2.75) is 46.6 Å². The third-order valence-corrected chi connectivity index (χ3v) is 5.81. The molecule has 0 bridgehead atoms. The Morgan fingerprint density at radius 1 is 1.06 bits per heavy atom. The van der Waals surface area contributed by atoms with Crippen molar-refractivity contribution in [1.29, 1.82) is 0 Å². The minimum Gasteiger partial charge on any atom is -0.478 e. The predicted octanol–water partition coefficient (Wildman–Crippen LogP) is 5.33. The maximum absolute atomic E-state index is 9.55. The van der Waals surface area contributed by atoms with E-state index in [2.05, 4.69) is 59.4 Å². The molecule has 7 nitrogen and oxygen atoms in total. The number of aromatic nitrogens is 1. The number of carbonyl (C=O) groups is 2. The molecule has 1 aliphatic heterocycles. The first-order chi connectivity index (χ1) is 15.9. The molecule has 2 heterocycles. The minimum atomic E-state index is -1.26. The predicted molar refractivity (Wildman–Crippen MR) is 133 cm³/mol. The van der Waals surface area contributed by atoms with Crippen molar-refractivity contribution in [3.8, 4) is 0 Å². The van der Waals surface area contributed by atoms with E-state index in [4.69, 9.17) is 14.7 Å². The maximum Gasteiger partial charge on any atom is 0.328 e. The van der Waals surface area contributed by atoms with Gasteiger partial charge in [-0.25, -0.2) is 9.59 Å². The number of fused-ring (bicyclic) bond motifs is 1. The number of aryl methyl sites for hydroxylation is 2. The van der Waals surface area contributed by atoms with Crippen molar-refractivity contribution in [3.63, 3.8) is 0 Å². The highest BCUT2D eigenvalue weighted by atomic mass is 16.5. The summed E-state index contributed by atoms with van der Waals surface area (Å²) in [6, 6.07) is 17.1. The van der Waals surface area contributed by atoms with Gasteiger partial charge in [-0.15, -0.1) is 0 Å². The van der Waals surface area contributed by atoms with Gasteiger partial charge in [-0.2, -0.15) is 0 Å². The number of hydrogen-bond donors (Lipinski definition) is 2. The fourth-order valence-electron chi connectivity index (χ4n) is 4.04. The first-order valence-electron chi connectivity index (χ1n) is 11.2. The summed E-state index contributed by atoms with van der Waals surface area (Å²) in [6.07, 6.45) is 5.95. The maximum atomic E-state index is 9.55. The van der Waals surface area contributed by atoms with E-state index in [1.165, 1.54) is 48.9 Å². The van der Waals surface area contributed by atoms with Crippen LogP contribution in [0.5, 0.6) is 0 Å². The molecule has 1 aromatic heterocycles. The molecular weight excluding hydrogens is 432 g/mol. The Labute approximate surface area is 200 Å². The van der Waals surface area contributed by atoms with Crippen LogP contribution >= 0.6 is 0 Å². The van der Waals surface area contributed by atoms with Crippen molar-refractivity contribution >= 4 is 22.9 Å². The van der Waals surface area contributed by atoms with E-state index in [0.717, 1.165) is 30.2 Å². The van der Waals surface area contributed by atoms with Crippen molar-refractivity contribution in [2.75, 3.05) is 13.1 Å². The van der Waals surface area contributed by atoms with Crippen LogP contribution in [0.3, 0.4) is 0 Å². The summed E-state index contributed by atoms with van der Waals surface area (Å²) < 4.78 is 5.47. The molecule has 4 rings (SSSR count). The summed E-state index contributed by atoms with van der Waals surface area (Å²) in [4.78, 5) is 21.7. The molecular formula is C27H34N2O5. The zero-order chi connectivity index (χ0) is 23.6. The molecule has 3 aromatic rings. The molecule has 0 aliphatic carbocycles. The Balaban J connectivity index is 0.000000394. The van der Waals surface area contributed by atoms with E-state index >= 15 is 0 Å². The summed E-state index contributed by atoms with van der Waals surface area (Å²) in [5.41, 5.74) is 4.74. The lowest BCUT2D eigenvalue weighted by Crippen LogP contribution is -2.33. The van der Waals surface area contributed by atoms with Gasteiger partial charge in [0.25, 0.3) is 0 Å². The summed E-state index contributed by atoms with van der Waals surface area (Å²) in [7, 11) is 0. The lowest BCUT2D eigenvalue weighted by Gasteiger charge is -2.31. The van der Waals surface area contributed by atoms with Gasteiger partial charge in [0.2, 0.25) is 0 Å². The normalized spacial score (nSPS) is 14.4. The summed E-state index contributed by atoms with van der Waals surface area (Å²) >= 11 is 0. The van der Waals surface area contributed by atoms with Crippen LogP contribution in [0.25, 0.3) is 11.0 Å². The van der Waals surface area contributed by atoms with Crippen LogP contribution in [0, 0.1) is 12.8 Å². The van der Waals surface area contributed by atoms with Crippen molar-refractivity contribution in [3.05, 3.63) is 77.5 Å². The smallest absolute Gasteiger partial charge is 0.328 e. The van der Waals surface area contributed by atoms with Crippen LogP contribution in [0.4, 0.5) is 0 Å². The summed E-state index contributed by atoms with van der Waals surface area (Å²) in [6.45, 7) is 5.62. The first kappa shape index (κ1) is 26.8. The van der Waals surface area contributed by atoms with Crippen LogP contribution in [0.2, 0.25) is 0 Å². The zero-order valence-electron chi connectivity index (χ0n) is 18.8. The van der Waals surface area contributed by atoms with E-state index in [1.54, 1.807) is 0 Å². The highest BCUT2D eigenvalue weighted by Crippen LogP contribution is 2.26. The third-order valence-electron chi connectivity index (χ3n) is 5.81. The molecule has 2 N–H and O–H groups in total. The molecule has 0 amide bonds. The third kappa shape index (κ3) is 8.48. The minimum absolute atomic E-state index is 0. The molecule has 34 heavy (non-hydrogen) atoms. The Morgan fingerprint density at radius 3 is 2.32 bits per heavy atom. The summed E-state index contributed by atoms with van der Waals surface area (Å²) in [5, 5.41) is 21.1. The van der Waals surface area contributed by atoms with Crippen molar-refractivity contribution in [2.24, 2.45) is 5.92 Å². The SMILES string of the molecule is C.Cc1ccc2onc(CCC3CCN(Cc4ccccc4)CC3)c2c1.O=C(O)/C=C\C(=O)O. The highest BCUT2D eigenvalue weighted by Gasteiger charge is 2.20. The molecule has 0 saturated carbocycles. The van der Waals surface area contributed by atoms with Gasteiger partial charge in [0.15, 0.2) is 5.58 Å². The highest BCUT2D eigenvalue weighted by molar-refractivity contribution is 5.89. The van der Waals surface area contributed by atoms with Gasteiger partial charge >= 0.3 is 11.9 Å². The number of aliphatic carboxylic acids is 2. The fraction of sp³-hybridized carbons (Fsp3) is 0.370. The number of piperidine rings is 1. The lowest BCUT2D eigenvalue weighted by molar-refractivity contribution is -0.134. The molecule has 1 aliphatic rings. The Bertz CT molecular complexity index is 1070. The average molecular weight is 467 g/mol. The second-order valence-corrected chi connectivity index (χ2v) is 8.38. The lowest BCUT2D eigenvalue weighted by atomic mass is 9.91. The molecule has 7 heteroatoms. The van der Waals surface area contributed by atoms with E-state index in [1.807, 2.05) is 6.07 Å². The van der Waals surface area contributed by atoms with Gasteiger partial charge < -0.3 is 14.7 Å². The van der Waals surface area contributed by atoms with E-state index in [-0.39, 0.29) is 7.43 Å². The van der Waals surface area contributed by atoms with Crippen molar-refractivity contribution < 1.29 is 24.3 Å². The number of nitrogens with zero attached hydrogens (tertiary/aromatic N) is 2. The number of rotatable bonds is 7. The van der Waals surface area contributed by atoms with Gasteiger partial charge in [0.05, 0.1) is 5.69 Å². The second kappa shape index (κ2) is 13.3. The largest absolute Gasteiger partial charge is 0.478 e. The van der Waals surface area contributed by atoms with E-state index < -0.39 is 11.9 Å². The van der Waals surface area contributed by atoms with Gasteiger partial charge in [0.1, 0.15) is 0 Å². The standard InChI is InChI=1S/C22H26N2O.C4H4O4.CH4/c1-17-7-10-22-20(15-17)21(23-25-22)9-8-18-11-13-24(14-12-18)16-19-5-3-2-4-6-19;5-3(6)1-2-4(7)8;/h2-7,10,15,18H,8-9,11-14,16H2,1H3;1-2H,(H,5,6)(H,7,8);1H4/b;2-1-;. The van der Waals surface area contributed by atoms with E-state index in [0.29, 0.717) is 12.2 Å². The number of benzene rings is 2. The fourth-order valence-corrected chi connectivity index (χ4v) is 4.04. The van der Waals surface area contributed by atoms with Gasteiger partial charge in [0, 0.05) is 24.1 Å². The van der Waals surface area contributed by atoms with E-state index in [9.17, 15) is 9.59 Å². The van der Waals surface area contributed by atoms with Gasteiger partial charge in [-0.1, -0.05) is 54.5 Å². The van der Waals surface area contributed by atoms with Gasteiger partial charge in [-0.3, -0.25) is 4.90 Å².